The fourth-order valence-electron chi connectivity index (χ4n) is 4.59. The van der Waals surface area contributed by atoms with Gasteiger partial charge in [0.1, 0.15) is 23.2 Å². The SMILES string of the molecule is Cc1c(O)cccc1C(=O)N[C@@H](Cc1ccccc1)[C@H](O)C(=O)N1CSC2(C)[C@H]1C(=O)N2CC#N. The topological polar surface area (TPSA) is 134 Å². The summed E-state index contributed by atoms with van der Waals surface area (Å²) in [7, 11) is 0. The number of thioether (sulfide) groups is 1. The second-order valence-electron chi connectivity index (χ2n) is 8.79. The lowest BCUT2D eigenvalue weighted by atomic mass is 9.93. The predicted molar refractivity (Wildman–Crippen MR) is 129 cm³/mol. The van der Waals surface area contributed by atoms with E-state index in [1.807, 2.05) is 36.4 Å². The van der Waals surface area contributed by atoms with Crippen LogP contribution in [0.1, 0.15) is 28.4 Å². The second kappa shape index (κ2) is 9.60. The zero-order valence-corrected chi connectivity index (χ0v) is 20.2. The molecule has 3 N–H and O–H groups in total. The summed E-state index contributed by atoms with van der Waals surface area (Å²) in [5.41, 5.74) is 1.42. The van der Waals surface area contributed by atoms with E-state index in [0.29, 0.717) is 5.56 Å². The highest BCUT2D eigenvalue weighted by Gasteiger charge is 2.65. The van der Waals surface area contributed by atoms with E-state index >= 15 is 0 Å². The highest BCUT2D eigenvalue weighted by molar-refractivity contribution is 8.01. The average Bonchev–Trinajstić information content (AvgIpc) is 3.17. The summed E-state index contributed by atoms with van der Waals surface area (Å²) in [6.07, 6.45) is -1.44. The minimum absolute atomic E-state index is 0.0346. The van der Waals surface area contributed by atoms with Gasteiger partial charge < -0.3 is 25.3 Å². The smallest absolute Gasteiger partial charge is 0.255 e. The lowest BCUT2D eigenvalue weighted by molar-refractivity contribution is -0.166. The minimum Gasteiger partial charge on any atom is -0.508 e. The minimum atomic E-state index is -1.61. The third-order valence-corrected chi connectivity index (χ3v) is 8.10. The Morgan fingerprint density at radius 1 is 1.26 bits per heavy atom. The summed E-state index contributed by atoms with van der Waals surface area (Å²) < 4.78 is 0. The normalized spacial score (nSPS) is 22.6. The highest BCUT2D eigenvalue weighted by Crippen LogP contribution is 2.50. The molecule has 35 heavy (non-hydrogen) atoms. The molecule has 10 heteroatoms. The van der Waals surface area contributed by atoms with Gasteiger partial charge in [0.15, 0.2) is 6.10 Å². The predicted octanol–water partition coefficient (Wildman–Crippen LogP) is 1.39. The molecule has 2 aromatic carbocycles. The number of carbonyl (C=O) groups is 3. The lowest BCUT2D eigenvalue weighted by Gasteiger charge is -2.51. The van der Waals surface area contributed by atoms with E-state index in [0.717, 1.165) is 5.56 Å². The van der Waals surface area contributed by atoms with Gasteiger partial charge in [0.05, 0.1) is 18.0 Å². The Morgan fingerprint density at radius 3 is 2.66 bits per heavy atom. The number of aromatic hydroxyl groups is 1. The Labute approximate surface area is 207 Å². The number of hydrogen-bond acceptors (Lipinski definition) is 7. The van der Waals surface area contributed by atoms with Gasteiger partial charge in [-0.1, -0.05) is 36.4 Å². The van der Waals surface area contributed by atoms with Gasteiger partial charge in [0, 0.05) is 11.1 Å². The zero-order valence-electron chi connectivity index (χ0n) is 19.3. The number of amides is 3. The molecule has 9 nitrogen and oxygen atoms in total. The van der Waals surface area contributed by atoms with Crippen molar-refractivity contribution in [2.75, 3.05) is 12.4 Å². The Kier molecular flexibility index (Phi) is 6.74. The van der Waals surface area contributed by atoms with Crippen LogP contribution in [-0.4, -0.2) is 73.2 Å². The molecule has 0 spiro atoms. The zero-order chi connectivity index (χ0) is 25.3. The molecule has 0 radical (unpaired) electrons. The van der Waals surface area contributed by atoms with Gasteiger partial charge in [-0.3, -0.25) is 14.4 Å². The molecular weight excluding hydrogens is 468 g/mol. The fraction of sp³-hybridized carbons (Fsp3) is 0.360. The average molecular weight is 495 g/mol. The first-order chi connectivity index (χ1) is 16.7. The first-order valence-corrected chi connectivity index (χ1v) is 12.1. The van der Waals surface area contributed by atoms with E-state index in [9.17, 15) is 24.6 Å². The summed E-state index contributed by atoms with van der Waals surface area (Å²) in [5.74, 6) is -1.38. The Balaban J connectivity index is 1.57. The highest BCUT2D eigenvalue weighted by atomic mass is 32.2. The van der Waals surface area contributed by atoms with Crippen LogP contribution in [0.3, 0.4) is 0 Å². The van der Waals surface area contributed by atoms with Crippen LogP contribution in [0.5, 0.6) is 5.75 Å². The van der Waals surface area contributed by atoms with E-state index in [1.165, 1.54) is 27.6 Å². The number of phenolic OH excluding ortho intramolecular Hbond substituents is 1. The number of nitrogens with zero attached hydrogens (tertiary/aromatic N) is 3. The Morgan fingerprint density at radius 2 is 1.97 bits per heavy atom. The van der Waals surface area contributed by atoms with E-state index in [2.05, 4.69) is 5.32 Å². The molecule has 2 aromatic rings. The number of likely N-dealkylation sites (tertiary alicyclic amines) is 1. The molecule has 1 unspecified atom stereocenters. The maximum absolute atomic E-state index is 13.4. The lowest BCUT2D eigenvalue weighted by Crippen LogP contribution is -2.74. The molecule has 2 fully saturated rings. The van der Waals surface area contributed by atoms with Crippen molar-refractivity contribution >= 4 is 29.5 Å². The number of phenols is 1. The van der Waals surface area contributed by atoms with Crippen LogP contribution in [0.4, 0.5) is 0 Å². The van der Waals surface area contributed by atoms with Crippen LogP contribution in [-0.2, 0) is 16.0 Å². The molecular formula is C25H26N4O5S. The largest absolute Gasteiger partial charge is 0.508 e. The third-order valence-electron chi connectivity index (χ3n) is 6.66. The molecule has 3 amide bonds. The standard InChI is InChI=1S/C25H26N4O5S/c1-15-17(9-6-10-19(15)30)22(32)27-18(13-16-7-4-3-5-8-16)20(31)23(33)28-14-35-25(2)21(28)24(34)29(25)12-11-26/h3-10,18,20-21,30-31H,12-14H2,1-2H3,(H,27,32)/t18-,20-,21+,25?/m0/s1. The second-order valence-corrected chi connectivity index (χ2v) is 10.2. The first-order valence-electron chi connectivity index (χ1n) is 11.1. The fourth-order valence-corrected chi connectivity index (χ4v) is 5.97. The summed E-state index contributed by atoms with van der Waals surface area (Å²) in [6.45, 7) is 3.34. The maximum atomic E-state index is 13.4. The van der Waals surface area contributed by atoms with Gasteiger partial charge in [0.2, 0.25) is 0 Å². The summed E-state index contributed by atoms with van der Waals surface area (Å²) in [6, 6.07) is 13.9. The van der Waals surface area contributed by atoms with Crippen molar-refractivity contribution in [3.8, 4) is 11.8 Å². The number of rotatable bonds is 7. The summed E-state index contributed by atoms with van der Waals surface area (Å²) in [4.78, 5) is 41.1. The van der Waals surface area contributed by atoms with Crippen LogP contribution >= 0.6 is 11.8 Å². The van der Waals surface area contributed by atoms with E-state index < -0.39 is 34.9 Å². The number of hydrogen-bond donors (Lipinski definition) is 3. The molecule has 0 aliphatic carbocycles. The van der Waals surface area contributed by atoms with Gasteiger partial charge >= 0.3 is 0 Å². The summed E-state index contributed by atoms with van der Waals surface area (Å²) >= 11 is 1.36. The molecule has 4 rings (SSSR count). The van der Waals surface area contributed by atoms with Crippen molar-refractivity contribution in [1.29, 1.82) is 5.26 Å². The number of nitrogens with one attached hydrogen (secondary N) is 1. The van der Waals surface area contributed by atoms with Crippen molar-refractivity contribution < 1.29 is 24.6 Å². The number of fused-ring (bicyclic) bond motifs is 1. The first kappa shape index (κ1) is 24.6. The van der Waals surface area contributed by atoms with Crippen molar-refractivity contribution in [1.82, 2.24) is 15.1 Å². The van der Waals surface area contributed by atoms with Crippen LogP contribution in [0.25, 0.3) is 0 Å². The summed E-state index contributed by atoms with van der Waals surface area (Å²) in [5, 5.41) is 32.9. The quantitative estimate of drug-likeness (QED) is 0.391. The number of nitriles is 1. The van der Waals surface area contributed by atoms with Crippen LogP contribution in [0.2, 0.25) is 0 Å². The number of aliphatic hydroxyl groups excluding tert-OH is 1. The van der Waals surface area contributed by atoms with Crippen molar-refractivity contribution in [3.63, 3.8) is 0 Å². The van der Waals surface area contributed by atoms with E-state index in [1.54, 1.807) is 26.0 Å². The monoisotopic (exact) mass is 494 g/mol. The van der Waals surface area contributed by atoms with E-state index in [-0.39, 0.29) is 36.1 Å². The van der Waals surface area contributed by atoms with Crippen molar-refractivity contribution in [2.45, 2.75) is 43.3 Å². The molecule has 182 valence electrons. The third kappa shape index (κ3) is 4.33. The van der Waals surface area contributed by atoms with Crippen LogP contribution in [0.15, 0.2) is 48.5 Å². The number of β-lactam (4-membered cyclic amide) rings is 1. The molecule has 0 saturated carbocycles. The van der Waals surface area contributed by atoms with Gasteiger partial charge in [-0.15, -0.1) is 11.8 Å². The molecule has 0 aromatic heterocycles. The number of aliphatic hydroxyl groups is 1. The number of benzene rings is 2. The Hall–Kier alpha value is -3.55. The van der Waals surface area contributed by atoms with Crippen LogP contribution in [0, 0.1) is 18.3 Å². The van der Waals surface area contributed by atoms with Gasteiger partial charge in [-0.05, 0) is 38.0 Å². The molecule has 2 saturated heterocycles. The van der Waals surface area contributed by atoms with Crippen LogP contribution < -0.4 is 5.32 Å². The Bertz CT molecular complexity index is 1200. The molecule has 0 bridgehead atoms. The van der Waals surface area contributed by atoms with Crippen molar-refractivity contribution in [2.24, 2.45) is 0 Å². The van der Waals surface area contributed by atoms with Gasteiger partial charge in [-0.25, -0.2) is 0 Å². The van der Waals surface area contributed by atoms with E-state index in [4.69, 9.17) is 5.26 Å². The molecule has 4 atom stereocenters. The number of carbonyl (C=O) groups excluding carboxylic acids is 3. The van der Waals surface area contributed by atoms with Crippen molar-refractivity contribution in [3.05, 3.63) is 65.2 Å². The maximum Gasteiger partial charge on any atom is 0.255 e. The molecule has 2 heterocycles. The molecule has 2 aliphatic rings. The van der Waals surface area contributed by atoms with Gasteiger partial charge in [0.25, 0.3) is 17.7 Å². The molecule has 2 aliphatic heterocycles. The van der Waals surface area contributed by atoms with Gasteiger partial charge in [-0.2, -0.15) is 5.26 Å².